The van der Waals surface area contributed by atoms with Crippen molar-refractivity contribution in [1.29, 1.82) is 0 Å². The van der Waals surface area contributed by atoms with Crippen molar-refractivity contribution >= 4 is 26.8 Å². The van der Waals surface area contributed by atoms with Crippen LogP contribution in [-0.2, 0) is 5.60 Å². The minimum atomic E-state index is -1.24. The van der Waals surface area contributed by atoms with E-state index in [1.54, 1.807) is 21.3 Å². The molecule has 4 rings (SSSR count). The van der Waals surface area contributed by atoms with Crippen LogP contribution >= 0.6 is 15.9 Å². The van der Waals surface area contributed by atoms with Gasteiger partial charge >= 0.3 is 0 Å². The zero-order valence-corrected chi connectivity index (χ0v) is 24.0. The summed E-state index contributed by atoms with van der Waals surface area (Å²) in [5, 5.41) is 13.8. The number of rotatable bonds is 12. The molecule has 0 bridgehead atoms. The molecule has 1 aromatic carbocycles. The van der Waals surface area contributed by atoms with Crippen molar-refractivity contribution in [2.45, 2.75) is 50.0 Å². The SMILES string of the molecule is COc1cc(C(O)(CCN(C)C)C(CCC2CCC2)c2cc3cc(Br)ccc3nc2OC)cc(OC)n1. The van der Waals surface area contributed by atoms with Crippen molar-refractivity contribution in [1.82, 2.24) is 14.9 Å². The van der Waals surface area contributed by atoms with E-state index in [9.17, 15) is 5.11 Å². The lowest BCUT2D eigenvalue weighted by molar-refractivity contribution is -0.0136. The van der Waals surface area contributed by atoms with Crippen LogP contribution in [0.15, 0.2) is 40.9 Å². The Kier molecular flexibility index (Phi) is 8.93. The van der Waals surface area contributed by atoms with Crippen LogP contribution in [0, 0.1) is 5.92 Å². The maximum absolute atomic E-state index is 12.8. The summed E-state index contributed by atoms with van der Waals surface area (Å²) in [6, 6.07) is 11.8. The molecule has 1 saturated carbocycles. The van der Waals surface area contributed by atoms with Crippen molar-refractivity contribution in [2.75, 3.05) is 42.0 Å². The summed E-state index contributed by atoms with van der Waals surface area (Å²) in [7, 11) is 8.84. The Morgan fingerprint density at radius 2 is 1.73 bits per heavy atom. The van der Waals surface area contributed by atoms with Crippen LogP contribution < -0.4 is 14.2 Å². The number of nitrogens with zero attached hydrogens (tertiary/aromatic N) is 3. The van der Waals surface area contributed by atoms with E-state index in [0.29, 0.717) is 42.1 Å². The van der Waals surface area contributed by atoms with Gasteiger partial charge in [-0.3, -0.25) is 0 Å². The van der Waals surface area contributed by atoms with Crippen LogP contribution in [0.5, 0.6) is 17.6 Å². The van der Waals surface area contributed by atoms with Crippen LogP contribution in [-0.4, -0.2) is 61.9 Å². The molecular weight excluding hydrogens is 534 g/mol. The lowest BCUT2D eigenvalue weighted by atomic mass is 9.70. The van der Waals surface area contributed by atoms with Gasteiger partial charge in [-0.05, 0) is 69.1 Å². The largest absolute Gasteiger partial charge is 0.481 e. The third kappa shape index (κ3) is 6.19. The number of fused-ring (bicyclic) bond motifs is 1. The van der Waals surface area contributed by atoms with Crippen LogP contribution in [0.2, 0.25) is 0 Å². The summed E-state index contributed by atoms with van der Waals surface area (Å²) >= 11 is 3.60. The van der Waals surface area contributed by atoms with Crippen molar-refractivity contribution in [3.8, 4) is 17.6 Å². The first-order chi connectivity index (χ1) is 17.8. The number of hydrogen-bond acceptors (Lipinski definition) is 7. The summed E-state index contributed by atoms with van der Waals surface area (Å²) in [6.07, 6.45) is 6.13. The molecule has 3 aromatic rings. The first kappa shape index (κ1) is 27.6. The van der Waals surface area contributed by atoms with Gasteiger partial charge in [0.2, 0.25) is 17.6 Å². The van der Waals surface area contributed by atoms with Gasteiger partial charge in [-0.25, -0.2) is 4.98 Å². The van der Waals surface area contributed by atoms with E-state index in [-0.39, 0.29) is 5.92 Å². The van der Waals surface area contributed by atoms with E-state index >= 15 is 0 Å². The lowest BCUT2D eigenvalue weighted by Gasteiger charge is -2.40. The number of benzene rings is 1. The molecule has 8 heteroatoms. The molecule has 0 aliphatic heterocycles. The first-order valence-electron chi connectivity index (χ1n) is 12.9. The topological polar surface area (TPSA) is 76.9 Å². The number of aliphatic hydroxyl groups is 1. The molecule has 1 aliphatic carbocycles. The predicted molar refractivity (Wildman–Crippen MR) is 150 cm³/mol. The van der Waals surface area contributed by atoms with Gasteiger partial charge in [0.15, 0.2) is 0 Å². The van der Waals surface area contributed by atoms with E-state index in [1.807, 2.05) is 38.4 Å². The third-order valence-electron chi connectivity index (χ3n) is 7.64. The summed E-state index contributed by atoms with van der Waals surface area (Å²) in [6.45, 7) is 0.693. The summed E-state index contributed by atoms with van der Waals surface area (Å²) in [4.78, 5) is 11.3. The smallest absolute Gasteiger partial charge is 0.217 e. The zero-order chi connectivity index (χ0) is 26.6. The molecule has 0 saturated heterocycles. The molecule has 1 fully saturated rings. The molecule has 2 heterocycles. The summed E-state index contributed by atoms with van der Waals surface area (Å²) < 4.78 is 17.8. The maximum atomic E-state index is 12.8. The fraction of sp³-hybridized carbons (Fsp3) is 0.517. The Hall–Kier alpha value is -2.42. The zero-order valence-electron chi connectivity index (χ0n) is 22.5. The van der Waals surface area contributed by atoms with Gasteiger partial charge in [0.05, 0.1) is 32.4 Å². The maximum Gasteiger partial charge on any atom is 0.217 e. The molecular formula is C29H38BrN3O4. The Bertz CT molecular complexity index is 1190. The number of ether oxygens (including phenoxy) is 3. The summed E-state index contributed by atoms with van der Waals surface area (Å²) in [5.41, 5.74) is 1.23. The third-order valence-corrected chi connectivity index (χ3v) is 8.13. The van der Waals surface area contributed by atoms with E-state index < -0.39 is 5.60 Å². The number of halogens is 1. The van der Waals surface area contributed by atoms with Crippen molar-refractivity contribution in [3.05, 3.63) is 52.0 Å². The molecule has 1 aliphatic rings. The predicted octanol–water partition coefficient (Wildman–Crippen LogP) is 5.92. The first-order valence-corrected chi connectivity index (χ1v) is 13.7. The standard InChI is InChI=1S/C29H38BrN3O4/c1-33(2)14-13-29(34,21-17-26(35-3)32-27(18-21)36-4)24(11-9-19-7-6-8-19)23-16-20-15-22(30)10-12-25(20)31-28(23)37-5/h10,12,15-19,24,34H,6-9,11,13-14H2,1-5H3. The van der Waals surface area contributed by atoms with Gasteiger partial charge in [-0.2, -0.15) is 4.98 Å². The normalized spacial score (nSPS) is 16.3. The Morgan fingerprint density at radius 1 is 1.03 bits per heavy atom. The highest BCUT2D eigenvalue weighted by Gasteiger charge is 2.42. The monoisotopic (exact) mass is 571 g/mol. The van der Waals surface area contributed by atoms with E-state index in [0.717, 1.165) is 33.8 Å². The highest BCUT2D eigenvalue weighted by molar-refractivity contribution is 9.10. The molecule has 0 spiro atoms. The van der Waals surface area contributed by atoms with Gasteiger partial charge in [-0.15, -0.1) is 0 Å². The van der Waals surface area contributed by atoms with Crippen LogP contribution in [0.25, 0.3) is 10.9 Å². The lowest BCUT2D eigenvalue weighted by Crippen LogP contribution is -2.38. The molecule has 2 aromatic heterocycles. The number of pyridine rings is 2. The fourth-order valence-electron chi connectivity index (χ4n) is 5.25. The molecule has 37 heavy (non-hydrogen) atoms. The van der Waals surface area contributed by atoms with Crippen LogP contribution in [0.3, 0.4) is 0 Å². The van der Waals surface area contributed by atoms with Crippen molar-refractivity contribution < 1.29 is 19.3 Å². The van der Waals surface area contributed by atoms with E-state index in [1.165, 1.54) is 19.3 Å². The van der Waals surface area contributed by atoms with E-state index in [2.05, 4.69) is 37.9 Å². The number of aromatic nitrogens is 2. The highest BCUT2D eigenvalue weighted by Crippen LogP contribution is 2.48. The van der Waals surface area contributed by atoms with Gasteiger partial charge in [0.25, 0.3) is 0 Å². The Morgan fingerprint density at radius 3 is 2.30 bits per heavy atom. The van der Waals surface area contributed by atoms with Crippen LogP contribution in [0.4, 0.5) is 0 Å². The molecule has 0 amide bonds. The average Bonchev–Trinajstić information content (AvgIpc) is 2.87. The van der Waals surface area contributed by atoms with Crippen molar-refractivity contribution in [3.63, 3.8) is 0 Å². The number of methoxy groups -OCH3 is 3. The van der Waals surface area contributed by atoms with Gasteiger partial charge < -0.3 is 24.2 Å². The molecule has 0 radical (unpaired) electrons. The van der Waals surface area contributed by atoms with Gasteiger partial charge in [0, 0.05) is 40.0 Å². The Balaban J connectivity index is 1.91. The average molecular weight is 573 g/mol. The second-order valence-electron chi connectivity index (χ2n) is 10.3. The van der Waals surface area contributed by atoms with Crippen molar-refractivity contribution in [2.24, 2.45) is 5.92 Å². The molecule has 7 nitrogen and oxygen atoms in total. The second kappa shape index (κ2) is 12.0. The minimum Gasteiger partial charge on any atom is -0.481 e. The fourth-order valence-corrected chi connectivity index (χ4v) is 5.63. The molecule has 200 valence electrons. The minimum absolute atomic E-state index is 0.268. The van der Waals surface area contributed by atoms with Crippen LogP contribution in [0.1, 0.15) is 55.6 Å². The molecule has 2 unspecified atom stereocenters. The van der Waals surface area contributed by atoms with Gasteiger partial charge in [-0.1, -0.05) is 35.2 Å². The van der Waals surface area contributed by atoms with E-state index in [4.69, 9.17) is 19.2 Å². The molecule has 1 N–H and O–H groups in total. The summed E-state index contributed by atoms with van der Waals surface area (Å²) in [5.74, 6) is 1.78. The number of hydrogen-bond donors (Lipinski definition) is 1. The van der Waals surface area contributed by atoms with Gasteiger partial charge in [0.1, 0.15) is 0 Å². The molecule has 2 atom stereocenters. The Labute approximate surface area is 228 Å². The highest BCUT2D eigenvalue weighted by atomic mass is 79.9. The quantitative estimate of drug-likeness (QED) is 0.289. The second-order valence-corrected chi connectivity index (χ2v) is 11.2.